The van der Waals surface area contributed by atoms with Crippen LogP contribution in [0.2, 0.25) is 0 Å². The van der Waals surface area contributed by atoms with E-state index in [0.29, 0.717) is 75.5 Å². The van der Waals surface area contributed by atoms with Gasteiger partial charge in [0.15, 0.2) is 0 Å². The molecule has 0 aromatic rings. The molecule has 0 spiro atoms. The number of rotatable bonds is 20. The molecule has 6 amide bonds. The van der Waals surface area contributed by atoms with Crippen LogP contribution in [0.5, 0.6) is 0 Å². The third-order valence-corrected chi connectivity index (χ3v) is 12.5. The molecule has 0 bridgehead atoms. The molecule has 12 heteroatoms. The van der Waals surface area contributed by atoms with Crippen molar-refractivity contribution in [2.75, 3.05) is 39.4 Å². The maximum absolute atomic E-state index is 12.7. The van der Waals surface area contributed by atoms with E-state index in [2.05, 4.69) is 17.2 Å². The summed E-state index contributed by atoms with van der Waals surface area (Å²) in [5, 5.41) is 5.87. The molecule has 4 fully saturated rings. The summed E-state index contributed by atoms with van der Waals surface area (Å²) in [6, 6.07) is -0.278. The number of amides is 6. The third-order valence-electron chi connectivity index (χ3n) is 12.5. The molecular weight excluding hydrogens is 737 g/mol. The topological polar surface area (TPSA) is 151 Å². The molecule has 324 valence electrons. The van der Waals surface area contributed by atoms with E-state index in [1.54, 1.807) is 0 Å². The summed E-state index contributed by atoms with van der Waals surface area (Å²) in [5.74, 6) is 1.60. The SMILES string of the molecule is C=CC(C/C=C/COC(=O)CCC1CCCC(CCC(=O)N2CCCCCC2=O)C1)CC/C=C/COC(=O)NCC1CCCC(CNC(=O)N2CCCCCC2=O)C1. The number of ether oxygens (including phenoxy) is 2. The maximum atomic E-state index is 12.7. The highest BCUT2D eigenvalue weighted by Crippen LogP contribution is 2.35. The summed E-state index contributed by atoms with van der Waals surface area (Å²) >= 11 is 0. The Morgan fingerprint density at radius 1 is 0.672 bits per heavy atom. The van der Waals surface area contributed by atoms with Crippen molar-refractivity contribution in [2.45, 2.75) is 148 Å². The van der Waals surface area contributed by atoms with Gasteiger partial charge in [0, 0.05) is 51.9 Å². The molecule has 2 heterocycles. The number of esters is 1. The summed E-state index contributed by atoms with van der Waals surface area (Å²) in [7, 11) is 0. The first-order valence-electron chi connectivity index (χ1n) is 22.6. The second-order valence-electron chi connectivity index (χ2n) is 17.1. The van der Waals surface area contributed by atoms with Gasteiger partial charge in [0.1, 0.15) is 13.2 Å². The van der Waals surface area contributed by atoms with Crippen LogP contribution in [0.15, 0.2) is 37.0 Å². The number of alkyl carbamates (subject to hydrolysis) is 1. The molecule has 2 aliphatic carbocycles. The number of nitrogens with one attached hydrogen (secondary N) is 2. The molecule has 4 aliphatic rings. The third kappa shape index (κ3) is 17.9. The van der Waals surface area contributed by atoms with Gasteiger partial charge in [-0.25, -0.2) is 9.59 Å². The lowest BCUT2D eigenvalue weighted by Gasteiger charge is -2.30. The highest BCUT2D eigenvalue weighted by molar-refractivity contribution is 5.95. The van der Waals surface area contributed by atoms with E-state index in [0.717, 1.165) is 122 Å². The molecule has 2 aliphatic heterocycles. The Hall–Kier alpha value is -3.96. The van der Waals surface area contributed by atoms with Gasteiger partial charge >= 0.3 is 18.1 Å². The van der Waals surface area contributed by atoms with Gasteiger partial charge in [-0.05, 0) is 113 Å². The predicted molar refractivity (Wildman–Crippen MR) is 224 cm³/mol. The summed E-state index contributed by atoms with van der Waals surface area (Å²) in [6.45, 7) is 6.59. The van der Waals surface area contributed by atoms with Crippen LogP contribution in [0.3, 0.4) is 0 Å². The number of imide groups is 2. The number of urea groups is 1. The monoisotopic (exact) mass is 809 g/mol. The number of hydrogen-bond acceptors (Lipinski definition) is 8. The molecule has 2 N–H and O–H groups in total. The van der Waals surface area contributed by atoms with Crippen LogP contribution in [-0.2, 0) is 28.7 Å². The van der Waals surface area contributed by atoms with Crippen molar-refractivity contribution in [3.63, 3.8) is 0 Å². The van der Waals surface area contributed by atoms with Crippen molar-refractivity contribution in [1.29, 1.82) is 0 Å². The van der Waals surface area contributed by atoms with Gasteiger partial charge < -0.3 is 20.1 Å². The molecule has 5 unspecified atom stereocenters. The van der Waals surface area contributed by atoms with E-state index in [-0.39, 0.29) is 48.9 Å². The second-order valence-corrected chi connectivity index (χ2v) is 17.1. The fourth-order valence-corrected chi connectivity index (χ4v) is 9.04. The van der Waals surface area contributed by atoms with Gasteiger partial charge in [0.05, 0.1) is 0 Å². The first-order chi connectivity index (χ1) is 28.2. The van der Waals surface area contributed by atoms with E-state index >= 15 is 0 Å². The summed E-state index contributed by atoms with van der Waals surface area (Å²) in [4.78, 5) is 77.4. The molecule has 0 radical (unpaired) electrons. The number of hydrogen-bond donors (Lipinski definition) is 2. The highest BCUT2D eigenvalue weighted by atomic mass is 16.5. The Kier molecular flexibility index (Phi) is 21.7. The van der Waals surface area contributed by atoms with Crippen molar-refractivity contribution in [2.24, 2.45) is 29.6 Å². The van der Waals surface area contributed by atoms with E-state index in [1.807, 2.05) is 30.4 Å². The average molecular weight is 809 g/mol. The number of likely N-dealkylation sites (tertiary alicyclic amines) is 2. The predicted octanol–water partition coefficient (Wildman–Crippen LogP) is 8.56. The minimum Gasteiger partial charge on any atom is -0.461 e. The normalized spacial score (nSPS) is 23.9. The van der Waals surface area contributed by atoms with E-state index in [4.69, 9.17) is 9.47 Å². The molecule has 2 saturated heterocycles. The summed E-state index contributed by atoms with van der Waals surface area (Å²) in [5.41, 5.74) is 0. The summed E-state index contributed by atoms with van der Waals surface area (Å²) < 4.78 is 10.8. The first kappa shape index (κ1) is 46.7. The number of nitrogens with zero attached hydrogens (tertiary/aromatic N) is 2. The van der Waals surface area contributed by atoms with Crippen LogP contribution in [-0.4, -0.2) is 85.0 Å². The number of allylic oxidation sites excluding steroid dienone is 3. The van der Waals surface area contributed by atoms with Crippen LogP contribution in [0.1, 0.15) is 148 Å². The quantitative estimate of drug-likeness (QED) is 0.0918. The fourth-order valence-electron chi connectivity index (χ4n) is 9.04. The Balaban J connectivity index is 0.983. The Morgan fingerprint density at radius 2 is 1.26 bits per heavy atom. The highest BCUT2D eigenvalue weighted by Gasteiger charge is 2.28. The largest absolute Gasteiger partial charge is 0.461 e. The van der Waals surface area contributed by atoms with E-state index < -0.39 is 6.09 Å². The molecule has 2 saturated carbocycles. The van der Waals surface area contributed by atoms with E-state index in [9.17, 15) is 28.8 Å². The lowest BCUT2D eigenvalue weighted by atomic mass is 9.77. The zero-order valence-electron chi connectivity index (χ0n) is 35.1. The molecule has 12 nitrogen and oxygen atoms in total. The summed E-state index contributed by atoms with van der Waals surface area (Å²) in [6.07, 6.45) is 29.1. The lowest BCUT2D eigenvalue weighted by molar-refractivity contribution is -0.145. The molecular formula is C46H72N4O8. The first-order valence-corrected chi connectivity index (χ1v) is 22.6. The Morgan fingerprint density at radius 3 is 1.97 bits per heavy atom. The Labute approximate surface area is 347 Å². The molecule has 4 rings (SSSR count). The second kappa shape index (κ2) is 26.9. The minimum atomic E-state index is -0.430. The van der Waals surface area contributed by atoms with Crippen molar-refractivity contribution in [3.8, 4) is 0 Å². The van der Waals surface area contributed by atoms with Gasteiger partial charge in [-0.1, -0.05) is 68.9 Å². The van der Waals surface area contributed by atoms with E-state index in [1.165, 1.54) is 9.80 Å². The standard InChI is InChI=1S/C46H72N4O8/c1-2-36(17-9-13-30-57-44(54)27-25-38-19-14-18-37(32-38)24-26-43(53)49-28-10-3-7-22-41(49)51)16-6-5-12-31-58-46(56)48-35-40-21-15-20-39(33-40)34-47-45(55)50-29-11-4-8-23-42(50)52/h2,5,9,12-13,36-40H,1,3-4,6-8,10-11,14-35H2,(H,47,55)(H,48,56)/b12-5+,13-9+. The molecule has 58 heavy (non-hydrogen) atoms. The average Bonchev–Trinajstić information content (AvgIpc) is 3.59. The van der Waals surface area contributed by atoms with Gasteiger partial charge in [0.25, 0.3) is 0 Å². The van der Waals surface area contributed by atoms with Gasteiger partial charge in [-0.15, -0.1) is 6.58 Å². The van der Waals surface area contributed by atoms with Gasteiger partial charge in [0.2, 0.25) is 17.7 Å². The van der Waals surface area contributed by atoms with Gasteiger partial charge in [-0.3, -0.25) is 29.0 Å². The zero-order chi connectivity index (χ0) is 41.4. The van der Waals surface area contributed by atoms with Gasteiger partial charge in [-0.2, -0.15) is 0 Å². The molecule has 0 aromatic heterocycles. The van der Waals surface area contributed by atoms with Crippen LogP contribution < -0.4 is 10.6 Å². The van der Waals surface area contributed by atoms with Crippen LogP contribution >= 0.6 is 0 Å². The minimum absolute atomic E-state index is 0.0132. The smallest absolute Gasteiger partial charge is 0.407 e. The zero-order valence-corrected chi connectivity index (χ0v) is 35.1. The lowest BCUT2D eigenvalue weighted by Crippen LogP contribution is -2.45. The van der Waals surface area contributed by atoms with Crippen LogP contribution in [0.4, 0.5) is 9.59 Å². The van der Waals surface area contributed by atoms with Crippen molar-refractivity contribution in [1.82, 2.24) is 20.4 Å². The van der Waals surface area contributed by atoms with Crippen LogP contribution in [0.25, 0.3) is 0 Å². The van der Waals surface area contributed by atoms with Crippen molar-refractivity contribution >= 4 is 35.8 Å². The maximum Gasteiger partial charge on any atom is 0.407 e. The van der Waals surface area contributed by atoms with Crippen LogP contribution in [0, 0.1) is 29.6 Å². The number of carbonyl (C=O) groups is 6. The molecule has 0 aromatic carbocycles. The molecule has 5 atom stereocenters. The van der Waals surface area contributed by atoms with Crippen molar-refractivity contribution < 1.29 is 38.2 Å². The number of carbonyl (C=O) groups excluding carboxylic acids is 6. The van der Waals surface area contributed by atoms with Crippen molar-refractivity contribution in [3.05, 3.63) is 37.0 Å². The fraction of sp³-hybridized carbons (Fsp3) is 0.739. The Bertz CT molecular complexity index is 1400.